The zero-order chi connectivity index (χ0) is 15.1. The summed E-state index contributed by atoms with van der Waals surface area (Å²) in [5, 5.41) is 3.43. The molecule has 1 aliphatic rings. The van der Waals surface area contributed by atoms with Gasteiger partial charge in [-0.05, 0) is 61.9 Å². The van der Waals surface area contributed by atoms with Crippen LogP contribution in [0.15, 0.2) is 24.3 Å². The molecule has 0 aromatic heterocycles. The molecule has 0 saturated carbocycles. The van der Waals surface area contributed by atoms with Crippen LogP contribution in [0.5, 0.6) is 0 Å². The van der Waals surface area contributed by atoms with Gasteiger partial charge in [0.05, 0.1) is 0 Å². The summed E-state index contributed by atoms with van der Waals surface area (Å²) < 4.78 is 0. The zero-order valence-corrected chi connectivity index (χ0v) is 14.1. The first kappa shape index (κ1) is 16.5. The van der Waals surface area contributed by atoms with Crippen LogP contribution in [-0.2, 0) is 6.54 Å². The minimum Gasteiger partial charge on any atom is -0.316 e. The van der Waals surface area contributed by atoms with E-state index in [1.807, 2.05) is 0 Å². The number of nitrogens with one attached hydrogen (secondary N) is 1. The molecule has 2 heteroatoms. The molecular formula is C19H32N2. The molecule has 1 fully saturated rings. The maximum absolute atomic E-state index is 3.43. The van der Waals surface area contributed by atoms with Crippen molar-refractivity contribution < 1.29 is 0 Å². The van der Waals surface area contributed by atoms with E-state index in [0.717, 1.165) is 25.6 Å². The van der Waals surface area contributed by atoms with Crippen LogP contribution in [-0.4, -0.2) is 31.1 Å². The Labute approximate surface area is 130 Å². The molecule has 0 bridgehead atoms. The second-order valence-corrected chi connectivity index (χ2v) is 6.76. The summed E-state index contributed by atoms with van der Waals surface area (Å²) in [6.45, 7) is 12.6. The zero-order valence-electron chi connectivity index (χ0n) is 14.1. The van der Waals surface area contributed by atoms with Crippen LogP contribution in [0.25, 0.3) is 0 Å². The summed E-state index contributed by atoms with van der Waals surface area (Å²) in [6.07, 6.45) is 4.12. The molecule has 1 saturated heterocycles. The van der Waals surface area contributed by atoms with Crippen LogP contribution in [0.4, 0.5) is 0 Å². The highest BCUT2D eigenvalue weighted by atomic mass is 15.1. The van der Waals surface area contributed by atoms with E-state index < -0.39 is 0 Å². The van der Waals surface area contributed by atoms with E-state index in [9.17, 15) is 0 Å². The van der Waals surface area contributed by atoms with E-state index in [1.165, 1.54) is 43.5 Å². The Balaban J connectivity index is 1.86. The predicted octanol–water partition coefficient (Wildman–Crippen LogP) is 4.02. The number of likely N-dealkylation sites (tertiary alicyclic amines) is 1. The summed E-state index contributed by atoms with van der Waals surface area (Å²) in [6, 6.07) is 9.29. The van der Waals surface area contributed by atoms with Crippen LogP contribution >= 0.6 is 0 Å². The van der Waals surface area contributed by atoms with Gasteiger partial charge in [-0.1, -0.05) is 45.0 Å². The van der Waals surface area contributed by atoms with Crippen LogP contribution in [0.2, 0.25) is 0 Å². The molecule has 1 N–H and O–H groups in total. The number of nitrogens with zero attached hydrogens (tertiary/aromatic N) is 1. The van der Waals surface area contributed by atoms with E-state index in [2.05, 4.69) is 55.3 Å². The molecule has 2 rings (SSSR count). The molecule has 2 atom stereocenters. The maximum atomic E-state index is 3.43. The molecule has 1 aromatic carbocycles. The van der Waals surface area contributed by atoms with Gasteiger partial charge in [0, 0.05) is 13.1 Å². The molecule has 118 valence electrons. The Hall–Kier alpha value is -0.860. The minimum atomic E-state index is 0.595. The molecule has 0 amide bonds. The third-order valence-corrected chi connectivity index (χ3v) is 4.76. The van der Waals surface area contributed by atoms with E-state index in [-0.39, 0.29) is 0 Å². The van der Waals surface area contributed by atoms with Crippen LogP contribution in [0, 0.1) is 5.92 Å². The van der Waals surface area contributed by atoms with Gasteiger partial charge in [-0.2, -0.15) is 0 Å². The van der Waals surface area contributed by atoms with Crippen molar-refractivity contribution in [3.05, 3.63) is 35.4 Å². The fraction of sp³-hybridized carbons (Fsp3) is 0.684. The van der Waals surface area contributed by atoms with Crippen LogP contribution in [0.1, 0.15) is 57.1 Å². The Kier molecular flexibility index (Phi) is 6.72. The lowest BCUT2D eigenvalue weighted by Crippen LogP contribution is -2.24. The van der Waals surface area contributed by atoms with Gasteiger partial charge in [-0.25, -0.2) is 0 Å². The van der Waals surface area contributed by atoms with Crippen molar-refractivity contribution in [3.63, 3.8) is 0 Å². The number of benzene rings is 1. The van der Waals surface area contributed by atoms with E-state index >= 15 is 0 Å². The average Bonchev–Trinajstić information content (AvgIpc) is 2.70. The first-order valence-electron chi connectivity index (χ1n) is 8.71. The SMILES string of the molecule is CCNCC(C)c1ccc(CN2CCCC(C)CC2)cc1. The molecule has 1 aliphatic heterocycles. The standard InChI is InChI=1S/C19H32N2/c1-4-20-14-17(3)19-9-7-18(8-10-19)15-21-12-5-6-16(2)11-13-21/h7-10,16-17,20H,4-6,11-15H2,1-3H3. The normalized spacial score (nSPS) is 22.0. The Morgan fingerprint density at radius 1 is 1.19 bits per heavy atom. The summed E-state index contributed by atoms with van der Waals surface area (Å²) in [5.74, 6) is 1.50. The quantitative estimate of drug-likeness (QED) is 0.850. The smallest absolute Gasteiger partial charge is 0.0233 e. The first-order chi connectivity index (χ1) is 10.2. The Morgan fingerprint density at radius 2 is 1.95 bits per heavy atom. The average molecular weight is 288 g/mol. The molecular weight excluding hydrogens is 256 g/mol. The molecule has 2 unspecified atom stereocenters. The lowest BCUT2D eigenvalue weighted by Gasteiger charge is -2.20. The van der Waals surface area contributed by atoms with Crippen LogP contribution in [0.3, 0.4) is 0 Å². The molecule has 0 radical (unpaired) electrons. The number of hydrogen-bond acceptors (Lipinski definition) is 2. The van der Waals surface area contributed by atoms with Gasteiger partial charge in [0.2, 0.25) is 0 Å². The largest absolute Gasteiger partial charge is 0.316 e. The van der Waals surface area contributed by atoms with Crippen molar-refractivity contribution in [2.75, 3.05) is 26.2 Å². The lowest BCUT2D eigenvalue weighted by atomic mass is 9.99. The van der Waals surface area contributed by atoms with E-state index in [1.54, 1.807) is 0 Å². The van der Waals surface area contributed by atoms with Crippen molar-refractivity contribution in [2.24, 2.45) is 5.92 Å². The fourth-order valence-electron chi connectivity index (χ4n) is 3.17. The summed E-state index contributed by atoms with van der Waals surface area (Å²) in [7, 11) is 0. The van der Waals surface area contributed by atoms with E-state index in [4.69, 9.17) is 0 Å². The number of hydrogen-bond donors (Lipinski definition) is 1. The summed E-state index contributed by atoms with van der Waals surface area (Å²) >= 11 is 0. The molecule has 2 nitrogen and oxygen atoms in total. The second kappa shape index (κ2) is 8.55. The second-order valence-electron chi connectivity index (χ2n) is 6.76. The van der Waals surface area contributed by atoms with Gasteiger partial charge in [0.1, 0.15) is 0 Å². The third kappa shape index (κ3) is 5.44. The van der Waals surface area contributed by atoms with Gasteiger partial charge in [-0.15, -0.1) is 0 Å². The predicted molar refractivity (Wildman–Crippen MR) is 91.7 cm³/mol. The van der Waals surface area contributed by atoms with Crippen molar-refractivity contribution in [3.8, 4) is 0 Å². The van der Waals surface area contributed by atoms with Gasteiger partial charge in [-0.3, -0.25) is 4.90 Å². The van der Waals surface area contributed by atoms with Crippen molar-refractivity contribution in [1.82, 2.24) is 10.2 Å². The van der Waals surface area contributed by atoms with E-state index in [0.29, 0.717) is 5.92 Å². The summed E-state index contributed by atoms with van der Waals surface area (Å²) in [4.78, 5) is 2.63. The molecule has 0 spiro atoms. The van der Waals surface area contributed by atoms with Crippen molar-refractivity contribution in [2.45, 2.75) is 52.5 Å². The molecule has 1 aromatic rings. The van der Waals surface area contributed by atoms with Crippen molar-refractivity contribution in [1.29, 1.82) is 0 Å². The number of likely N-dealkylation sites (N-methyl/N-ethyl adjacent to an activating group) is 1. The maximum Gasteiger partial charge on any atom is 0.0233 e. The monoisotopic (exact) mass is 288 g/mol. The van der Waals surface area contributed by atoms with Crippen LogP contribution < -0.4 is 5.32 Å². The van der Waals surface area contributed by atoms with Gasteiger partial charge in [0.25, 0.3) is 0 Å². The minimum absolute atomic E-state index is 0.595. The molecule has 0 aliphatic carbocycles. The first-order valence-corrected chi connectivity index (χ1v) is 8.71. The number of rotatable bonds is 6. The third-order valence-electron chi connectivity index (χ3n) is 4.76. The topological polar surface area (TPSA) is 15.3 Å². The van der Waals surface area contributed by atoms with Gasteiger partial charge >= 0.3 is 0 Å². The van der Waals surface area contributed by atoms with Gasteiger partial charge < -0.3 is 5.32 Å². The molecule has 21 heavy (non-hydrogen) atoms. The Morgan fingerprint density at radius 3 is 2.67 bits per heavy atom. The molecule has 1 heterocycles. The van der Waals surface area contributed by atoms with Crippen molar-refractivity contribution >= 4 is 0 Å². The highest BCUT2D eigenvalue weighted by Gasteiger charge is 2.14. The highest BCUT2D eigenvalue weighted by molar-refractivity contribution is 5.25. The van der Waals surface area contributed by atoms with Gasteiger partial charge in [0.15, 0.2) is 0 Å². The summed E-state index contributed by atoms with van der Waals surface area (Å²) in [5.41, 5.74) is 2.91. The highest BCUT2D eigenvalue weighted by Crippen LogP contribution is 2.20. The Bertz CT molecular complexity index is 399. The fourth-order valence-corrected chi connectivity index (χ4v) is 3.17. The lowest BCUT2D eigenvalue weighted by molar-refractivity contribution is 0.273.